The maximum Gasteiger partial charge on any atom is 0.309 e. The number of carbonyl (C=O) groups is 2. The van der Waals surface area contributed by atoms with Crippen LogP contribution in [-0.2, 0) is 20.9 Å². The minimum Gasteiger partial charge on any atom is -0.466 e. The second kappa shape index (κ2) is 9.95. The molecule has 1 amide bonds. The first-order valence-corrected chi connectivity index (χ1v) is 10.8. The Morgan fingerprint density at radius 2 is 1.68 bits per heavy atom. The number of hydrogen-bond donors (Lipinski definition) is 0. The maximum atomic E-state index is 12.9. The summed E-state index contributed by atoms with van der Waals surface area (Å²) in [6.07, 6.45) is 3.14. The Kier molecular flexibility index (Phi) is 7.61. The third kappa shape index (κ3) is 5.40. The first-order chi connectivity index (χ1) is 13.5. The molecule has 0 spiro atoms. The van der Waals surface area contributed by atoms with Gasteiger partial charge in [0.25, 0.3) is 0 Å². The average Bonchev–Trinajstić information content (AvgIpc) is 2.70. The number of likely N-dealkylation sites (tertiary alicyclic amines) is 2. The minimum atomic E-state index is -0.122. The van der Waals surface area contributed by atoms with Crippen LogP contribution in [0.15, 0.2) is 18.2 Å². The lowest BCUT2D eigenvalue weighted by Crippen LogP contribution is -2.46. The zero-order valence-electron chi connectivity index (χ0n) is 16.3. The Morgan fingerprint density at radius 1 is 1.04 bits per heavy atom. The van der Waals surface area contributed by atoms with Gasteiger partial charge in [-0.15, -0.1) is 0 Å². The van der Waals surface area contributed by atoms with Crippen molar-refractivity contribution in [2.75, 3.05) is 32.8 Å². The van der Waals surface area contributed by atoms with Crippen molar-refractivity contribution in [2.24, 2.45) is 11.8 Å². The normalized spacial score (nSPS) is 19.6. The molecule has 2 aliphatic rings. The lowest BCUT2D eigenvalue weighted by molar-refractivity contribution is -0.152. The van der Waals surface area contributed by atoms with Gasteiger partial charge < -0.3 is 9.64 Å². The van der Waals surface area contributed by atoms with Crippen molar-refractivity contribution in [3.8, 4) is 0 Å². The molecule has 0 N–H and O–H groups in total. The Bertz CT molecular complexity index is 697. The van der Waals surface area contributed by atoms with Gasteiger partial charge in [0.1, 0.15) is 0 Å². The monoisotopic (exact) mass is 426 g/mol. The van der Waals surface area contributed by atoms with Crippen LogP contribution < -0.4 is 0 Å². The van der Waals surface area contributed by atoms with E-state index in [0.29, 0.717) is 42.6 Å². The Balaban J connectivity index is 1.44. The van der Waals surface area contributed by atoms with Gasteiger partial charge in [-0.05, 0) is 63.4 Å². The van der Waals surface area contributed by atoms with Crippen LogP contribution in [0.1, 0.15) is 38.2 Å². The quantitative estimate of drug-likeness (QED) is 0.667. The predicted octanol–water partition coefficient (Wildman–Crippen LogP) is 4.01. The van der Waals surface area contributed by atoms with Crippen molar-refractivity contribution >= 4 is 35.1 Å². The summed E-state index contributed by atoms with van der Waals surface area (Å²) < 4.78 is 5.10. The summed E-state index contributed by atoms with van der Waals surface area (Å²) >= 11 is 12.2. The van der Waals surface area contributed by atoms with E-state index in [0.717, 1.165) is 38.0 Å². The number of halogens is 2. The van der Waals surface area contributed by atoms with Crippen LogP contribution in [0, 0.1) is 11.8 Å². The first-order valence-electron chi connectivity index (χ1n) is 10.1. The number of esters is 1. The minimum absolute atomic E-state index is 0.0602. The SMILES string of the molecule is CCOC(=O)C1CCN(C(=O)C2CCN(Cc3ccc(Cl)cc3Cl)CC2)CC1. The third-order valence-electron chi connectivity index (χ3n) is 5.77. The molecule has 28 heavy (non-hydrogen) atoms. The topological polar surface area (TPSA) is 49.9 Å². The number of benzene rings is 1. The van der Waals surface area contributed by atoms with Crippen LogP contribution in [0.25, 0.3) is 0 Å². The van der Waals surface area contributed by atoms with Gasteiger partial charge in [-0.25, -0.2) is 0 Å². The number of carbonyl (C=O) groups excluding carboxylic acids is 2. The summed E-state index contributed by atoms with van der Waals surface area (Å²) in [5, 5.41) is 1.33. The van der Waals surface area contributed by atoms with Gasteiger partial charge in [0.05, 0.1) is 12.5 Å². The molecule has 0 aromatic heterocycles. The summed E-state index contributed by atoms with van der Waals surface area (Å²) in [7, 11) is 0. The van der Waals surface area contributed by atoms with Gasteiger partial charge in [-0.2, -0.15) is 0 Å². The van der Waals surface area contributed by atoms with E-state index >= 15 is 0 Å². The fourth-order valence-corrected chi connectivity index (χ4v) is 4.55. The molecule has 2 aliphatic heterocycles. The van der Waals surface area contributed by atoms with Gasteiger partial charge in [0.15, 0.2) is 0 Å². The average molecular weight is 427 g/mol. The molecule has 0 bridgehead atoms. The number of piperidine rings is 2. The summed E-state index contributed by atoms with van der Waals surface area (Å²) in [6.45, 7) is 6.10. The Hall–Kier alpha value is -1.30. The Labute approximate surface area is 176 Å². The lowest BCUT2D eigenvalue weighted by Gasteiger charge is -2.37. The highest BCUT2D eigenvalue weighted by Gasteiger charge is 2.33. The van der Waals surface area contributed by atoms with Crippen molar-refractivity contribution < 1.29 is 14.3 Å². The van der Waals surface area contributed by atoms with E-state index in [-0.39, 0.29) is 23.7 Å². The van der Waals surface area contributed by atoms with Gasteiger partial charge >= 0.3 is 5.97 Å². The zero-order chi connectivity index (χ0) is 20.1. The van der Waals surface area contributed by atoms with Crippen LogP contribution in [0.4, 0.5) is 0 Å². The predicted molar refractivity (Wildman–Crippen MR) is 110 cm³/mol. The molecule has 1 aromatic carbocycles. The van der Waals surface area contributed by atoms with E-state index in [1.165, 1.54) is 0 Å². The molecule has 154 valence electrons. The number of hydrogen-bond acceptors (Lipinski definition) is 4. The van der Waals surface area contributed by atoms with E-state index in [9.17, 15) is 9.59 Å². The molecule has 5 nitrogen and oxygen atoms in total. The standard InChI is InChI=1S/C21H28Cl2N2O3/c1-2-28-21(27)16-7-11-25(12-8-16)20(26)15-5-9-24(10-6-15)14-17-3-4-18(22)13-19(17)23/h3-4,13,15-16H,2,5-12,14H2,1H3. The molecule has 7 heteroatoms. The van der Waals surface area contributed by atoms with Crippen LogP contribution in [0.3, 0.4) is 0 Å². The molecular weight excluding hydrogens is 399 g/mol. The largest absolute Gasteiger partial charge is 0.466 e. The van der Waals surface area contributed by atoms with Gasteiger partial charge in [-0.3, -0.25) is 14.5 Å². The summed E-state index contributed by atoms with van der Waals surface area (Å²) in [5.41, 5.74) is 1.07. The number of ether oxygens (including phenoxy) is 1. The maximum absolute atomic E-state index is 12.9. The van der Waals surface area contributed by atoms with Crippen molar-refractivity contribution in [3.05, 3.63) is 33.8 Å². The summed E-state index contributed by atoms with van der Waals surface area (Å²) in [4.78, 5) is 29.0. The molecular formula is C21H28Cl2N2O3. The molecule has 0 radical (unpaired) electrons. The fraction of sp³-hybridized carbons (Fsp3) is 0.619. The highest BCUT2D eigenvalue weighted by molar-refractivity contribution is 6.35. The molecule has 0 unspecified atom stereocenters. The van der Waals surface area contributed by atoms with E-state index < -0.39 is 0 Å². The molecule has 2 heterocycles. The fourth-order valence-electron chi connectivity index (χ4n) is 4.08. The first kappa shape index (κ1) is 21.4. The van der Waals surface area contributed by atoms with Crippen LogP contribution in [-0.4, -0.2) is 54.5 Å². The number of rotatable bonds is 5. The van der Waals surface area contributed by atoms with Crippen molar-refractivity contribution in [1.82, 2.24) is 9.80 Å². The zero-order valence-corrected chi connectivity index (χ0v) is 17.8. The molecule has 0 saturated carbocycles. The van der Waals surface area contributed by atoms with Crippen molar-refractivity contribution in [3.63, 3.8) is 0 Å². The van der Waals surface area contributed by atoms with E-state index in [1.807, 2.05) is 24.0 Å². The van der Waals surface area contributed by atoms with Crippen LogP contribution in [0.5, 0.6) is 0 Å². The second-order valence-electron chi connectivity index (χ2n) is 7.64. The third-order valence-corrected chi connectivity index (χ3v) is 6.36. The lowest BCUT2D eigenvalue weighted by atomic mass is 9.92. The van der Waals surface area contributed by atoms with Gasteiger partial charge in [0, 0.05) is 35.6 Å². The van der Waals surface area contributed by atoms with Gasteiger partial charge in [-0.1, -0.05) is 29.3 Å². The van der Waals surface area contributed by atoms with Crippen molar-refractivity contribution in [2.45, 2.75) is 39.2 Å². The molecule has 3 rings (SSSR count). The number of amides is 1. The summed E-state index contributed by atoms with van der Waals surface area (Å²) in [6, 6.07) is 5.60. The van der Waals surface area contributed by atoms with E-state index in [4.69, 9.17) is 27.9 Å². The van der Waals surface area contributed by atoms with Crippen LogP contribution in [0.2, 0.25) is 10.0 Å². The van der Waals surface area contributed by atoms with Crippen LogP contribution >= 0.6 is 23.2 Å². The highest BCUT2D eigenvalue weighted by Crippen LogP contribution is 2.27. The molecule has 0 aliphatic carbocycles. The van der Waals surface area contributed by atoms with Crippen molar-refractivity contribution in [1.29, 1.82) is 0 Å². The highest BCUT2D eigenvalue weighted by atomic mass is 35.5. The molecule has 0 atom stereocenters. The molecule has 1 aromatic rings. The van der Waals surface area contributed by atoms with E-state index in [1.54, 1.807) is 6.07 Å². The summed E-state index contributed by atoms with van der Waals surface area (Å²) in [5.74, 6) is 0.140. The van der Waals surface area contributed by atoms with E-state index in [2.05, 4.69) is 4.90 Å². The number of nitrogens with zero attached hydrogens (tertiary/aromatic N) is 2. The smallest absolute Gasteiger partial charge is 0.309 e. The van der Waals surface area contributed by atoms with Gasteiger partial charge in [0.2, 0.25) is 5.91 Å². The molecule has 2 fully saturated rings. The molecule has 2 saturated heterocycles. The Morgan fingerprint density at radius 3 is 2.29 bits per heavy atom. The second-order valence-corrected chi connectivity index (χ2v) is 8.48.